The molecule has 0 aromatic carbocycles. The van der Waals surface area contributed by atoms with Crippen LogP contribution in [-0.2, 0) is 9.53 Å². The van der Waals surface area contributed by atoms with Gasteiger partial charge < -0.3 is 10.1 Å². The molecule has 0 fully saturated rings. The molecule has 4 heteroatoms. The number of unbranched alkanes of at least 4 members (excludes halogenated alkanes) is 1. The van der Waals surface area contributed by atoms with Gasteiger partial charge in [-0.1, -0.05) is 34.1 Å². The minimum atomic E-state index is -0.529. The van der Waals surface area contributed by atoms with Gasteiger partial charge in [-0.25, -0.2) is 0 Å². The number of likely N-dealkylation sites (N-methyl/N-ethyl adjacent to an activating group) is 1. The van der Waals surface area contributed by atoms with Crippen LogP contribution in [0.25, 0.3) is 0 Å². The first kappa shape index (κ1) is 19.8. The first-order valence-electron chi connectivity index (χ1n) is 7.91. The standard InChI is InChI=1S/C16H33NO2S/c1-7-17-16(6,15(18)19-8-2)11-9-10-12-20-14(5)13(3)4/h13-14,17H,7-12H2,1-6H3. The highest BCUT2D eigenvalue weighted by Crippen LogP contribution is 2.22. The molecular formula is C16H33NO2S. The van der Waals surface area contributed by atoms with Crippen molar-refractivity contribution in [1.82, 2.24) is 5.32 Å². The molecule has 2 unspecified atom stereocenters. The van der Waals surface area contributed by atoms with Crippen molar-refractivity contribution in [2.45, 2.75) is 71.6 Å². The van der Waals surface area contributed by atoms with E-state index in [1.807, 2.05) is 32.5 Å². The second kappa shape index (κ2) is 10.5. The predicted octanol–water partition coefficient (Wildman–Crippen LogP) is 3.87. The fraction of sp³-hybridized carbons (Fsp3) is 0.938. The molecule has 20 heavy (non-hydrogen) atoms. The second-order valence-corrected chi connectivity index (χ2v) is 7.35. The number of ether oxygens (including phenoxy) is 1. The number of rotatable bonds is 11. The van der Waals surface area contributed by atoms with E-state index in [1.54, 1.807) is 0 Å². The highest BCUT2D eigenvalue weighted by Gasteiger charge is 2.32. The molecule has 0 amide bonds. The van der Waals surface area contributed by atoms with E-state index in [1.165, 1.54) is 5.75 Å². The Morgan fingerprint density at radius 1 is 1.25 bits per heavy atom. The lowest BCUT2D eigenvalue weighted by atomic mass is 9.95. The number of thioether (sulfide) groups is 1. The van der Waals surface area contributed by atoms with Gasteiger partial charge in [-0.05, 0) is 44.9 Å². The summed E-state index contributed by atoms with van der Waals surface area (Å²) in [4.78, 5) is 12.0. The minimum absolute atomic E-state index is 0.120. The van der Waals surface area contributed by atoms with Crippen molar-refractivity contribution in [3.05, 3.63) is 0 Å². The lowest BCUT2D eigenvalue weighted by Crippen LogP contribution is -2.50. The smallest absolute Gasteiger partial charge is 0.326 e. The third-order valence-electron chi connectivity index (χ3n) is 3.68. The van der Waals surface area contributed by atoms with Gasteiger partial charge in [-0.3, -0.25) is 4.79 Å². The average Bonchev–Trinajstić information content (AvgIpc) is 2.38. The molecular weight excluding hydrogens is 270 g/mol. The number of carbonyl (C=O) groups is 1. The van der Waals surface area contributed by atoms with Crippen LogP contribution in [0.15, 0.2) is 0 Å². The van der Waals surface area contributed by atoms with Crippen molar-refractivity contribution in [2.75, 3.05) is 18.9 Å². The van der Waals surface area contributed by atoms with Crippen molar-refractivity contribution < 1.29 is 9.53 Å². The molecule has 0 aliphatic rings. The molecule has 0 bridgehead atoms. The van der Waals surface area contributed by atoms with E-state index in [2.05, 4.69) is 26.1 Å². The lowest BCUT2D eigenvalue weighted by molar-refractivity contribution is -0.150. The maximum atomic E-state index is 12.0. The van der Waals surface area contributed by atoms with Crippen molar-refractivity contribution >= 4 is 17.7 Å². The zero-order valence-corrected chi connectivity index (χ0v) is 14.9. The molecule has 0 aromatic rings. The van der Waals surface area contributed by atoms with Gasteiger partial charge in [-0.2, -0.15) is 11.8 Å². The molecule has 0 radical (unpaired) electrons. The Labute approximate surface area is 129 Å². The highest BCUT2D eigenvalue weighted by atomic mass is 32.2. The second-order valence-electron chi connectivity index (χ2n) is 5.86. The van der Waals surface area contributed by atoms with Crippen molar-refractivity contribution in [2.24, 2.45) is 5.92 Å². The van der Waals surface area contributed by atoms with Gasteiger partial charge in [-0.15, -0.1) is 0 Å². The predicted molar refractivity (Wildman–Crippen MR) is 89.3 cm³/mol. The Morgan fingerprint density at radius 3 is 2.40 bits per heavy atom. The quantitative estimate of drug-likeness (QED) is 0.464. The Kier molecular flexibility index (Phi) is 10.4. The summed E-state index contributed by atoms with van der Waals surface area (Å²) in [6, 6.07) is 0. The maximum Gasteiger partial charge on any atom is 0.326 e. The topological polar surface area (TPSA) is 38.3 Å². The van der Waals surface area contributed by atoms with Gasteiger partial charge in [0.2, 0.25) is 0 Å². The molecule has 0 rings (SSSR count). The van der Waals surface area contributed by atoms with Gasteiger partial charge in [0.05, 0.1) is 6.61 Å². The fourth-order valence-electron chi connectivity index (χ4n) is 1.99. The zero-order chi connectivity index (χ0) is 15.6. The molecule has 0 aromatic heterocycles. The van der Waals surface area contributed by atoms with Crippen LogP contribution in [0.1, 0.15) is 60.8 Å². The van der Waals surface area contributed by atoms with E-state index in [4.69, 9.17) is 4.74 Å². The summed E-state index contributed by atoms with van der Waals surface area (Å²) in [6.07, 6.45) is 3.05. The summed E-state index contributed by atoms with van der Waals surface area (Å²) in [5.41, 5.74) is -0.529. The van der Waals surface area contributed by atoms with Crippen LogP contribution in [0.5, 0.6) is 0 Å². The Morgan fingerprint density at radius 2 is 1.90 bits per heavy atom. The van der Waals surface area contributed by atoms with Crippen LogP contribution >= 0.6 is 11.8 Å². The molecule has 0 spiro atoms. The summed E-state index contributed by atoms with van der Waals surface area (Å²) in [7, 11) is 0. The van der Waals surface area contributed by atoms with Gasteiger partial charge in [0, 0.05) is 5.25 Å². The number of hydrogen-bond donors (Lipinski definition) is 1. The number of esters is 1. The molecule has 0 saturated carbocycles. The monoisotopic (exact) mass is 303 g/mol. The first-order chi connectivity index (χ1) is 9.37. The van der Waals surface area contributed by atoms with Crippen LogP contribution in [-0.4, -0.2) is 35.7 Å². The SMILES string of the molecule is CCNC(C)(CCCCSC(C)C(C)C)C(=O)OCC. The first-order valence-corrected chi connectivity index (χ1v) is 8.96. The van der Waals surface area contributed by atoms with Crippen molar-refractivity contribution in [1.29, 1.82) is 0 Å². The van der Waals surface area contributed by atoms with Crippen LogP contribution < -0.4 is 5.32 Å². The Bertz CT molecular complexity index is 271. The summed E-state index contributed by atoms with van der Waals surface area (Å²) >= 11 is 2.03. The van der Waals surface area contributed by atoms with Crippen LogP contribution in [0, 0.1) is 5.92 Å². The maximum absolute atomic E-state index is 12.0. The van der Waals surface area contributed by atoms with E-state index in [0.29, 0.717) is 11.9 Å². The number of carbonyl (C=O) groups excluding carboxylic acids is 1. The molecule has 1 N–H and O–H groups in total. The molecule has 0 heterocycles. The summed E-state index contributed by atoms with van der Waals surface area (Å²) in [6.45, 7) is 13.9. The average molecular weight is 304 g/mol. The fourth-order valence-corrected chi connectivity index (χ4v) is 3.11. The van der Waals surface area contributed by atoms with E-state index in [-0.39, 0.29) is 5.97 Å². The van der Waals surface area contributed by atoms with Gasteiger partial charge >= 0.3 is 5.97 Å². The highest BCUT2D eigenvalue weighted by molar-refractivity contribution is 7.99. The van der Waals surface area contributed by atoms with E-state index < -0.39 is 5.54 Å². The molecule has 120 valence electrons. The van der Waals surface area contributed by atoms with E-state index in [0.717, 1.165) is 31.7 Å². The lowest BCUT2D eigenvalue weighted by Gasteiger charge is -2.28. The molecule has 0 aliphatic carbocycles. The number of nitrogens with one attached hydrogen (secondary N) is 1. The van der Waals surface area contributed by atoms with Crippen molar-refractivity contribution in [3.8, 4) is 0 Å². The summed E-state index contributed by atoms with van der Waals surface area (Å²) < 4.78 is 5.18. The molecule has 3 nitrogen and oxygen atoms in total. The van der Waals surface area contributed by atoms with Gasteiger partial charge in [0.1, 0.15) is 5.54 Å². The summed E-state index contributed by atoms with van der Waals surface area (Å²) in [5.74, 6) is 1.78. The van der Waals surface area contributed by atoms with E-state index in [9.17, 15) is 4.79 Å². The zero-order valence-electron chi connectivity index (χ0n) is 14.1. The summed E-state index contributed by atoms with van der Waals surface area (Å²) in [5, 5.41) is 3.99. The van der Waals surface area contributed by atoms with E-state index >= 15 is 0 Å². The largest absolute Gasteiger partial charge is 0.465 e. The van der Waals surface area contributed by atoms with Crippen molar-refractivity contribution in [3.63, 3.8) is 0 Å². The third kappa shape index (κ3) is 7.53. The van der Waals surface area contributed by atoms with Crippen LogP contribution in [0.4, 0.5) is 0 Å². The van der Waals surface area contributed by atoms with Crippen LogP contribution in [0.2, 0.25) is 0 Å². The Hall–Kier alpha value is -0.220. The molecule has 2 atom stereocenters. The normalized spacial score (nSPS) is 15.9. The Balaban J connectivity index is 4.06. The van der Waals surface area contributed by atoms with Crippen LogP contribution in [0.3, 0.4) is 0 Å². The third-order valence-corrected chi connectivity index (χ3v) is 5.28. The van der Waals surface area contributed by atoms with Gasteiger partial charge in [0.25, 0.3) is 0 Å². The molecule has 0 saturated heterocycles. The minimum Gasteiger partial charge on any atom is -0.465 e. The van der Waals surface area contributed by atoms with Gasteiger partial charge in [0.15, 0.2) is 0 Å². The molecule has 0 aliphatic heterocycles. The number of hydrogen-bond acceptors (Lipinski definition) is 4.